The van der Waals surface area contributed by atoms with Gasteiger partial charge in [0, 0.05) is 5.92 Å². The zero-order chi connectivity index (χ0) is 9.42. The van der Waals surface area contributed by atoms with Crippen LogP contribution in [0.2, 0.25) is 0 Å². The smallest absolute Gasteiger partial charge is 0.234 e. The van der Waals surface area contributed by atoms with Crippen molar-refractivity contribution in [3.8, 4) is 0 Å². The predicted molar refractivity (Wildman–Crippen MR) is 49.7 cm³/mol. The fourth-order valence-corrected chi connectivity index (χ4v) is 1.48. The van der Waals surface area contributed by atoms with Crippen LogP contribution in [-0.2, 0) is 0 Å². The van der Waals surface area contributed by atoms with E-state index in [1.54, 1.807) is 0 Å². The summed E-state index contributed by atoms with van der Waals surface area (Å²) in [6.45, 7) is 3.97. The van der Waals surface area contributed by atoms with Crippen LogP contribution in [0.3, 0.4) is 0 Å². The Kier molecular flexibility index (Phi) is 2.28. The van der Waals surface area contributed by atoms with E-state index in [4.69, 9.17) is 16.0 Å². The van der Waals surface area contributed by atoms with E-state index in [-0.39, 0.29) is 5.38 Å². The number of hydrogen-bond acceptors (Lipinski definition) is 3. The molecule has 0 radical (unpaired) electrons. The van der Waals surface area contributed by atoms with E-state index in [0.717, 1.165) is 11.8 Å². The summed E-state index contributed by atoms with van der Waals surface area (Å²) in [5, 5.41) is 7.71. The van der Waals surface area contributed by atoms with E-state index >= 15 is 0 Å². The topological polar surface area (TPSA) is 38.9 Å². The van der Waals surface area contributed by atoms with Crippen molar-refractivity contribution in [1.29, 1.82) is 0 Å². The van der Waals surface area contributed by atoms with E-state index in [1.807, 2.05) is 6.92 Å². The number of hydrogen-bond donors (Lipinski definition) is 0. The lowest BCUT2D eigenvalue weighted by Gasteiger charge is -2.02. The quantitative estimate of drug-likeness (QED) is 0.705. The van der Waals surface area contributed by atoms with E-state index in [1.165, 1.54) is 12.8 Å². The lowest BCUT2D eigenvalue weighted by Crippen LogP contribution is -1.95. The molecule has 0 amide bonds. The molecular weight excluding hydrogens is 188 g/mol. The summed E-state index contributed by atoms with van der Waals surface area (Å²) in [6.07, 6.45) is 2.57. The number of aromatic nitrogens is 2. The summed E-state index contributed by atoms with van der Waals surface area (Å²) < 4.78 is 5.45. The summed E-state index contributed by atoms with van der Waals surface area (Å²) in [7, 11) is 0. The Morgan fingerprint density at radius 2 is 1.92 bits per heavy atom. The molecule has 1 aliphatic rings. The van der Waals surface area contributed by atoms with Crippen molar-refractivity contribution >= 4 is 11.6 Å². The molecule has 1 heterocycles. The Morgan fingerprint density at radius 1 is 1.31 bits per heavy atom. The van der Waals surface area contributed by atoms with Gasteiger partial charge in [0.05, 0.1) is 0 Å². The lowest BCUT2D eigenvalue weighted by molar-refractivity contribution is 0.408. The van der Waals surface area contributed by atoms with Gasteiger partial charge >= 0.3 is 0 Å². The van der Waals surface area contributed by atoms with E-state index in [0.29, 0.717) is 11.8 Å². The molecule has 1 fully saturated rings. The molecular formula is C9H13ClN2O. The fraction of sp³-hybridized carbons (Fsp3) is 0.778. The van der Waals surface area contributed by atoms with E-state index < -0.39 is 0 Å². The molecule has 1 aliphatic carbocycles. The largest absolute Gasteiger partial charge is 0.423 e. The van der Waals surface area contributed by atoms with Crippen LogP contribution in [-0.4, -0.2) is 10.2 Å². The first-order valence-corrected chi connectivity index (χ1v) is 5.09. The highest BCUT2D eigenvalue weighted by Crippen LogP contribution is 2.41. The molecule has 2 atom stereocenters. The first-order chi connectivity index (χ1) is 6.18. The maximum atomic E-state index is 5.82. The molecule has 0 bridgehead atoms. The van der Waals surface area contributed by atoms with Crippen LogP contribution in [0.5, 0.6) is 0 Å². The maximum Gasteiger partial charge on any atom is 0.234 e. The van der Waals surface area contributed by atoms with Crippen LogP contribution in [0.4, 0.5) is 0 Å². The van der Waals surface area contributed by atoms with Crippen molar-refractivity contribution in [2.45, 2.75) is 38.0 Å². The van der Waals surface area contributed by atoms with Gasteiger partial charge in [-0.25, -0.2) is 0 Å². The predicted octanol–water partition coefficient (Wildman–Crippen LogP) is 2.88. The third kappa shape index (κ3) is 1.85. The summed E-state index contributed by atoms with van der Waals surface area (Å²) in [5.74, 6) is 2.42. The lowest BCUT2D eigenvalue weighted by atomic mass is 10.1. The van der Waals surface area contributed by atoms with Crippen LogP contribution in [0.25, 0.3) is 0 Å². The standard InChI is InChI=1S/C9H13ClN2O/c1-5(7-3-4-7)8-11-12-9(13-8)6(2)10/h5-7H,3-4H2,1-2H3. The highest BCUT2D eigenvalue weighted by molar-refractivity contribution is 6.20. The molecule has 0 N–H and O–H groups in total. The van der Waals surface area contributed by atoms with Gasteiger partial charge in [0.15, 0.2) is 0 Å². The molecule has 0 aromatic carbocycles. The third-order valence-electron chi connectivity index (χ3n) is 2.52. The van der Waals surface area contributed by atoms with Crippen molar-refractivity contribution in [3.63, 3.8) is 0 Å². The average molecular weight is 201 g/mol. The Morgan fingerprint density at radius 3 is 2.38 bits per heavy atom. The van der Waals surface area contributed by atoms with Crippen molar-refractivity contribution < 1.29 is 4.42 Å². The van der Waals surface area contributed by atoms with Gasteiger partial charge in [0.25, 0.3) is 0 Å². The molecule has 2 unspecified atom stereocenters. The van der Waals surface area contributed by atoms with Gasteiger partial charge in [-0.3, -0.25) is 0 Å². The summed E-state index contributed by atoms with van der Waals surface area (Å²) >= 11 is 5.82. The summed E-state index contributed by atoms with van der Waals surface area (Å²) in [4.78, 5) is 0. The van der Waals surface area contributed by atoms with Crippen LogP contribution >= 0.6 is 11.6 Å². The second kappa shape index (κ2) is 3.29. The molecule has 1 aromatic heterocycles. The fourth-order valence-electron chi connectivity index (χ4n) is 1.39. The molecule has 0 aliphatic heterocycles. The van der Waals surface area contributed by atoms with E-state index in [9.17, 15) is 0 Å². The molecule has 13 heavy (non-hydrogen) atoms. The Hall–Kier alpha value is -0.570. The van der Waals surface area contributed by atoms with Crippen LogP contribution in [0, 0.1) is 5.92 Å². The normalized spacial score (nSPS) is 21.5. The number of halogens is 1. The minimum absolute atomic E-state index is 0.187. The van der Waals surface area contributed by atoms with Gasteiger partial charge in [-0.1, -0.05) is 6.92 Å². The van der Waals surface area contributed by atoms with Gasteiger partial charge in [0.2, 0.25) is 11.8 Å². The minimum atomic E-state index is -0.187. The first kappa shape index (κ1) is 9.00. The molecule has 0 spiro atoms. The van der Waals surface area contributed by atoms with Crippen molar-refractivity contribution in [2.75, 3.05) is 0 Å². The first-order valence-electron chi connectivity index (χ1n) is 4.66. The van der Waals surface area contributed by atoms with Crippen LogP contribution in [0.15, 0.2) is 4.42 Å². The molecule has 1 saturated carbocycles. The Labute approximate surface area is 82.5 Å². The van der Waals surface area contributed by atoms with Gasteiger partial charge in [-0.2, -0.15) is 0 Å². The number of alkyl halides is 1. The highest BCUT2D eigenvalue weighted by Gasteiger charge is 2.32. The number of nitrogens with zero attached hydrogens (tertiary/aromatic N) is 2. The van der Waals surface area contributed by atoms with Crippen molar-refractivity contribution in [3.05, 3.63) is 11.8 Å². The van der Waals surface area contributed by atoms with Crippen molar-refractivity contribution in [2.24, 2.45) is 5.92 Å². The molecule has 4 heteroatoms. The van der Waals surface area contributed by atoms with Crippen LogP contribution in [0.1, 0.15) is 49.8 Å². The monoisotopic (exact) mass is 200 g/mol. The Balaban J connectivity index is 2.11. The van der Waals surface area contributed by atoms with Crippen molar-refractivity contribution in [1.82, 2.24) is 10.2 Å². The summed E-state index contributed by atoms with van der Waals surface area (Å²) in [6, 6.07) is 0. The molecule has 2 rings (SSSR count). The average Bonchev–Trinajstić information content (AvgIpc) is 2.81. The number of rotatable bonds is 3. The van der Waals surface area contributed by atoms with Gasteiger partial charge in [-0.15, -0.1) is 21.8 Å². The Bertz CT molecular complexity index is 294. The minimum Gasteiger partial charge on any atom is -0.423 e. The van der Waals surface area contributed by atoms with Gasteiger partial charge in [0.1, 0.15) is 5.38 Å². The SMILES string of the molecule is CC(Cl)c1nnc(C(C)C2CC2)o1. The zero-order valence-corrected chi connectivity index (χ0v) is 8.58. The zero-order valence-electron chi connectivity index (χ0n) is 7.83. The molecule has 72 valence electrons. The second-order valence-corrected chi connectivity index (χ2v) is 4.38. The van der Waals surface area contributed by atoms with E-state index in [2.05, 4.69) is 17.1 Å². The van der Waals surface area contributed by atoms with Crippen LogP contribution < -0.4 is 0 Å². The summed E-state index contributed by atoms with van der Waals surface area (Å²) in [5.41, 5.74) is 0. The second-order valence-electron chi connectivity index (χ2n) is 3.72. The third-order valence-corrected chi connectivity index (χ3v) is 2.70. The van der Waals surface area contributed by atoms with Gasteiger partial charge in [-0.05, 0) is 25.7 Å². The van der Waals surface area contributed by atoms with Gasteiger partial charge < -0.3 is 4.42 Å². The molecule has 3 nitrogen and oxygen atoms in total. The highest BCUT2D eigenvalue weighted by atomic mass is 35.5. The molecule has 0 saturated heterocycles. The molecule has 1 aromatic rings. The maximum absolute atomic E-state index is 5.82.